The summed E-state index contributed by atoms with van der Waals surface area (Å²) >= 11 is 0. The summed E-state index contributed by atoms with van der Waals surface area (Å²) in [6.07, 6.45) is 7.95. The molecule has 0 radical (unpaired) electrons. The highest BCUT2D eigenvalue weighted by Crippen LogP contribution is 2.14. The van der Waals surface area contributed by atoms with Crippen LogP contribution >= 0.6 is 0 Å². The van der Waals surface area contributed by atoms with Crippen LogP contribution in [0.25, 0.3) is 0 Å². The molecule has 0 spiro atoms. The highest BCUT2D eigenvalue weighted by molar-refractivity contribution is 5.22. The van der Waals surface area contributed by atoms with Gasteiger partial charge in [-0.25, -0.2) is 0 Å². The Bertz CT molecular complexity index is 216. The molecule has 1 unspecified atom stereocenters. The van der Waals surface area contributed by atoms with Crippen molar-refractivity contribution in [3.8, 4) is 12.3 Å². The van der Waals surface area contributed by atoms with Crippen LogP contribution in [-0.4, -0.2) is 35.9 Å². The molecule has 1 saturated heterocycles. The van der Waals surface area contributed by atoms with Gasteiger partial charge in [0, 0.05) is 30.9 Å². The lowest BCUT2D eigenvalue weighted by Crippen LogP contribution is -2.48. The van der Waals surface area contributed by atoms with E-state index < -0.39 is 0 Å². The molecule has 72 valence electrons. The number of nitrogens with zero attached hydrogens (tertiary/aromatic N) is 1. The van der Waals surface area contributed by atoms with Crippen molar-refractivity contribution in [1.82, 2.24) is 10.2 Å². The summed E-state index contributed by atoms with van der Waals surface area (Å²) in [4.78, 5) is 1.91. The Balaban J connectivity index is 2.77. The van der Waals surface area contributed by atoms with Crippen LogP contribution in [0.2, 0.25) is 0 Å². The van der Waals surface area contributed by atoms with Gasteiger partial charge in [0.15, 0.2) is 0 Å². The molecule has 0 amide bonds. The molecule has 1 atom stereocenters. The van der Waals surface area contributed by atoms with Crippen LogP contribution in [0.4, 0.5) is 0 Å². The molecule has 3 nitrogen and oxygen atoms in total. The van der Waals surface area contributed by atoms with Crippen molar-refractivity contribution < 1.29 is 5.11 Å². The molecule has 0 aromatic heterocycles. The molecule has 3 heteroatoms. The number of rotatable bonds is 2. The third-order valence-corrected chi connectivity index (χ3v) is 2.30. The molecular formula is C10H16N2O. The molecule has 1 aliphatic rings. The van der Waals surface area contributed by atoms with E-state index in [-0.39, 0.29) is 12.8 Å². The van der Waals surface area contributed by atoms with Gasteiger partial charge in [0.2, 0.25) is 0 Å². The van der Waals surface area contributed by atoms with Gasteiger partial charge < -0.3 is 15.3 Å². The smallest absolute Gasteiger partial charge is 0.115 e. The Morgan fingerprint density at radius 2 is 2.62 bits per heavy atom. The number of hydrogen-bond acceptors (Lipinski definition) is 3. The first-order valence-corrected chi connectivity index (χ1v) is 4.58. The van der Waals surface area contributed by atoms with Gasteiger partial charge in [0.25, 0.3) is 0 Å². The maximum Gasteiger partial charge on any atom is 0.115 e. The van der Waals surface area contributed by atoms with Crippen LogP contribution in [0.3, 0.4) is 0 Å². The average molecular weight is 180 g/mol. The quantitative estimate of drug-likeness (QED) is 0.593. The minimum Gasteiger partial charge on any atom is -0.376 e. The Labute approximate surface area is 79.4 Å². The van der Waals surface area contributed by atoms with E-state index in [9.17, 15) is 0 Å². The normalized spacial score (nSPS) is 26.1. The van der Waals surface area contributed by atoms with Crippen molar-refractivity contribution >= 4 is 0 Å². The summed E-state index contributed by atoms with van der Waals surface area (Å²) in [7, 11) is 0. The topological polar surface area (TPSA) is 35.5 Å². The SMILES string of the molecule is C#C/C=C1\C(CC)NCCN1CO. The maximum absolute atomic E-state index is 9.09. The zero-order chi connectivity index (χ0) is 9.68. The highest BCUT2D eigenvalue weighted by Gasteiger charge is 2.21. The summed E-state index contributed by atoms with van der Waals surface area (Å²) in [5.74, 6) is 2.51. The van der Waals surface area contributed by atoms with E-state index in [4.69, 9.17) is 11.5 Å². The van der Waals surface area contributed by atoms with E-state index in [0.29, 0.717) is 0 Å². The standard InChI is InChI=1S/C10H16N2O/c1-3-5-10-9(4-2)11-6-7-12(10)8-13/h1,5,9,11,13H,4,6-8H2,2H3/b10-5+. The maximum atomic E-state index is 9.09. The van der Waals surface area contributed by atoms with Crippen LogP contribution in [0, 0.1) is 12.3 Å². The predicted molar refractivity (Wildman–Crippen MR) is 52.8 cm³/mol. The lowest BCUT2D eigenvalue weighted by Gasteiger charge is -2.35. The zero-order valence-electron chi connectivity index (χ0n) is 7.95. The third kappa shape index (κ3) is 2.24. The first-order valence-electron chi connectivity index (χ1n) is 4.58. The molecule has 1 rings (SSSR count). The molecule has 0 bridgehead atoms. The van der Waals surface area contributed by atoms with E-state index in [1.165, 1.54) is 0 Å². The van der Waals surface area contributed by atoms with Crippen LogP contribution in [0.15, 0.2) is 11.8 Å². The molecule has 0 aromatic rings. The molecule has 2 N–H and O–H groups in total. The van der Waals surface area contributed by atoms with Crippen LogP contribution in [-0.2, 0) is 0 Å². The van der Waals surface area contributed by atoms with E-state index in [1.807, 2.05) is 4.90 Å². The Morgan fingerprint density at radius 1 is 1.85 bits per heavy atom. The van der Waals surface area contributed by atoms with E-state index >= 15 is 0 Å². The first-order chi connectivity index (χ1) is 6.33. The Kier molecular flexibility index (Phi) is 3.81. The lowest BCUT2D eigenvalue weighted by molar-refractivity contribution is 0.115. The van der Waals surface area contributed by atoms with E-state index in [0.717, 1.165) is 25.2 Å². The monoisotopic (exact) mass is 180 g/mol. The minimum atomic E-state index is 0.0473. The molecule has 0 aliphatic carbocycles. The fraction of sp³-hybridized carbons (Fsp3) is 0.600. The van der Waals surface area contributed by atoms with Crippen LogP contribution in [0.5, 0.6) is 0 Å². The molecule has 0 aromatic carbocycles. The fourth-order valence-corrected chi connectivity index (χ4v) is 1.61. The van der Waals surface area contributed by atoms with Gasteiger partial charge in [-0.05, 0) is 6.42 Å². The zero-order valence-corrected chi connectivity index (χ0v) is 7.95. The summed E-state index contributed by atoms with van der Waals surface area (Å²) in [5, 5.41) is 12.4. The fourth-order valence-electron chi connectivity index (χ4n) is 1.61. The number of allylic oxidation sites excluding steroid dienone is 1. The van der Waals surface area contributed by atoms with Gasteiger partial charge >= 0.3 is 0 Å². The number of nitrogens with one attached hydrogen (secondary N) is 1. The summed E-state index contributed by atoms with van der Waals surface area (Å²) in [6.45, 7) is 3.87. The Hall–Kier alpha value is -0.980. The summed E-state index contributed by atoms with van der Waals surface area (Å²) < 4.78 is 0. The van der Waals surface area contributed by atoms with Gasteiger partial charge in [-0.15, -0.1) is 6.42 Å². The number of aliphatic hydroxyl groups is 1. The van der Waals surface area contributed by atoms with Crippen molar-refractivity contribution in [2.24, 2.45) is 0 Å². The molecule has 1 heterocycles. The van der Waals surface area contributed by atoms with Crippen molar-refractivity contribution in [3.05, 3.63) is 11.8 Å². The van der Waals surface area contributed by atoms with Crippen molar-refractivity contribution in [2.75, 3.05) is 19.8 Å². The van der Waals surface area contributed by atoms with Gasteiger partial charge in [0.05, 0.1) is 0 Å². The van der Waals surface area contributed by atoms with Crippen LogP contribution in [0.1, 0.15) is 13.3 Å². The Morgan fingerprint density at radius 3 is 3.15 bits per heavy atom. The molecule has 0 saturated carbocycles. The van der Waals surface area contributed by atoms with Gasteiger partial charge in [-0.1, -0.05) is 12.8 Å². The number of hydrogen-bond donors (Lipinski definition) is 2. The summed E-state index contributed by atoms with van der Waals surface area (Å²) in [6, 6.07) is 0.289. The molecule has 1 fully saturated rings. The average Bonchev–Trinajstić information content (AvgIpc) is 2.18. The lowest BCUT2D eigenvalue weighted by atomic mass is 10.1. The van der Waals surface area contributed by atoms with Gasteiger partial charge in [0.1, 0.15) is 6.73 Å². The number of aliphatic hydroxyl groups excluding tert-OH is 1. The third-order valence-electron chi connectivity index (χ3n) is 2.30. The second kappa shape index (κ2) is 4.90. The van der Waals surface area contributed by atoms with Gasteiger partial charge in [-0.3, -0.25) is 0 Å². The van der Waals surface area contributed by atoms with Crippen molar-refractivity contribution in [2.45, 2.75) is 19.4 Å². The largest absolute Gasteiger partial charge is 0.376 e. The van der Waals surface area contributed by atoms with Crippen molar-refractivity contribution in [1.29, 1.82) is 0 Å². The highest BCUT2D eigenvalue weighted by atomic mass is 16.3. The van der Waals surface area contributed by atoms with E-state index in [2.05, 4.69) is 18.2 Å². The van der Waals surface area contributed by atoms with E-state index in [1.54, 1.807) is 6.08 Å². The van der Waals surface area contributed by atoms with Crippen LogP contribution < -0.4 is 5.32 Å². The van der Waals surface area contributed by atoms with Crippen molar-refractivity contribution in [3.63, 3.8) is 0 Å². The predicted octanol–water partition coefficient (Wildman–Crippen LogP) is 0.137. The minimum absolute atomic E-state index is 0.0473. The molecular weight excluding hydrogens is 164 g/mol. The number of terminal acetylenes is 1. The first kappa shape index (κ1) is 10.1. The number of piperazine rings is 1. The molecule has 1 aliphatic heterocycles. The molecule has 13 heavy (non-hydrogen) atoms. The second-order valence-corrected chi connectivity index (χ2v) is 3.06. The second-order valence-electron chi connectivity index (χ2n) is 3.06. The van der Waals surface area contributed by atoms with Gasteiger partial charge in [-0.2, -0.15) is 0 Å². The summed E-state index contributed by atoms with van der Waals surface area (Å²) in [5.41, 5.74) is 1.03.